The SMILES string of the molecule is CC(=O)OC(O)C(O)C(O)C(O)C(O)CN. The van der Waals surface area contributed by atoms with Crippen molar-refractivity contribution in [1.82, 2.24) is 0 Å². The van der Waals surface area contributed by atoms with Crippen LogP contribution in [0, 0.1) is 0 Å². The van der Waals surface area contributed by atoms with Crippen molar-refractivity contribution in [3.05, 3.63) is 0 Å². The van der Waals surface area contributed by atoms with Gasteiger partial charge in [-0.2, -0.15) is 0 Å². The summed E-state index contributed by atoms with van der Waals surface area (Å²) < 4.78 is 4.18. The Morgan fingerprint density at radius 2 is 1.62 bits per heavy atom. The van der Waals surface area contributed by atoms with Crippen LogP contribution < -0.4 is 5.73 Å². The predicted molar refractivity (Wildman–Crippen MR) is 50.9 cm³/mol. The minimum atomic E-state index is -1.99. The Morgan fingerprint density at radius 3 is 2.00 bits per heavy atom. The fourth-order valence-corrected chi connectivity index (χ4v) is 0.977. The van der Waals surface area contributed by atoms with Gasteiger partial charge in [-0.25, -0.2) is 0 Å². The molecule has 8 heteroatoms. The second-order valence-electron chi connectivity index (χ2n) is 3.27. The molecule has 0 aromatic carbocycles. The van der Waals surface area contributed by atoms with Crippen molar-refractivity contribution in [2.24, 2.45) is 5.73 Å². The molecule has 0 radical (unpaired) electrons. The normalized spacial score (nSPS) is 20.7. The third-order valence-corrected chi connectivity index (χ3v) is 1.91. The molecule has 5 atom stereocenters. The van der Waals surface area contributed by atoms with E-state index in [0.717, 1.165) is 6.92 Å². The summed E-state index contributed by atoms with van der Waals surface area (Å²) in [6.45, 7) is 0.655. The third kappa shape index (κ3) is 4.39. The molecule has 0 bridgehead atoms. The first-order chi connectivity index (χ1) is 7.31. The first kappa shape index (κ1) is 15.2. The van der Waals surface area contributed by atoms with E-state index in [1.165, 1.54) is 0 Å². The Hall–Kier alpha value is -0.770. The molecule has 5 unspecified atom stereocenters. The van der Waals surface area contributed by atoms with E-state index in [0.29, 0.717) is 0 Å². The maximum absolute atomic E-state index is 10.4. The van der Waals surface area contributed by atoms with Crippen LogP contribution in [0.3, 0.4) is 0 Å². The quantitative estimate of drug-likeness (QED) is 0.204. The van der Waals surface area contributed by atoms with E-state index in [1.807, 2.05) is 0 Å². The number of ether oxygens (including phenoxy) is 1. The van der Waals surface area contributed by atoms with Gasteiger partial charge in [-0.1, -0.05) is 0 Å². The van der Waals surface area contributed by atoms with Crippen LogP contribution in [0.2, 0.25) is 0 Å². The Balaban J connectivity index is 4.35. The zero-order chi connectivity index (χ0) is 12.9. The van der Waals surface area contributed by atoms with Crippen molar-refractivity contribution in [2.45, 2.75) is 37.6 Å². The molecule has 0 aromatic rings. The van der Waals surface area contributed by atoms with Gasteiger partial charge >= 0.3 is 5.97 Å². The van der Waals surface area contributed by atoms with Crippen molar-refractivity contribution in [2.75, 3.05) is 6.54 Å². The number of hydrogen-bond acceptors (Lipinski definition) is 8. The molecular weight excluding hydrogens is 222 g/mol. The topological polar surface area (TPSA) is 153 Å². The molecule has 0 aliphatic carbocycles. The second kappa shape index (κ2) is 6.74. The van der Waals surface area contributed by atoms with E-state index in [2.05, 4.69) is 4.74 Å². The fourth-order valence-electron chi connectivity index (χ4n) is 0.977. The van der Waals surface area contributed by atoms with Gasteiger partial charge in [0.2, 0.25) is 6.29 Å². The summed E-state index contributed by atoms with van der Waals surface area (Å²) in [5.41, 5.74) is 5.02. The number of rotatable bonds is 6. The fraction of sp³-hybridized carbons (Fsp3) is 0.875. The van der Waals surface area contributed by atoms with Crippen LogP contribution in [0.4, 0.5) is 0 Å². The molecule has 0 spiro atoms. The van der Waals surface area contributed by atoms with Crippen LogP contribution in [0.25, 0.3) is 0 Å². The number of aliphatic hydroxyl groups excluding tert-OH is 5. The van der Waals surface area contributed by atoms with Gasteiger partial charge in [0.1, 0.15) is 18.3 Å². The first-order valence-electron chi connectivity index (χ1n) is 4.58. The highest BCUT2D eigenvalue weighted by molar-refractivity contribution is 5.66. The maximum Gasteiger partial charge on any atom is 0.305 e. The third-order valence-electron chi connectivity index (χ3n) is 1.91. The molecule has 0 rings (SSSR count). The van der Waals surface area contributed by atoms with Gasteiger partial charge in [0.05, 0.1) is 6.10 Å². The molecule has 0 saturated heterocycles. The monoisotopic (exact) mass is 239 g/mol. The molecule has 0 aliphatic rings. The molecular formula is C8H17NO7. The van der Waals surface area contributed by atoms with Crippen molar-refractivity contribution in [3.8, 4) is 0 Å². The van der Waals surface area contributed by atoms with Crippen LogP contribution >= 0.6 is 0 Å². The van der Waals surface area contributed by atoms with Crippen LogP contribution in [0.5, 0.6) is 0 Å². The summed E-state index contributed by atoms with van der Waals surface area (Å²) in [6.07, 6.45) is -9.06. The van der Waals surface area contributed by atoms with Crippen molar-refractivity contribution in [3.63, 3.8) is 0 Å². The van der Waals surface area contributed by atoms with E-state index in [-0.39, 0.29) is 6.54 Å². The lowest BCUT2D eigenvalue weighted by molar-refractivity contribution is -0.210. The minimum Gasteiger partial charge on any atom is -0.433 e. The summed E-state index contributed by atoms with van der Waals surface area (Å²) in [7, 11) is 0. The molecule has 7 N–H and O–H groups in total. The van der Waals surface area contributed by atoms with Crippen molar-refractivity contribution < 1.29 is 35.1 Å². The van der Waals surface area contributed by atoms with Crippen molar-refractivity contribution in [1.29, 1.82) is 0 Å². The summed E-state index contributed by atoms with van der Waals surface area (Å²) in [6, 6.07) is 0. The lowest BCUT2D eigenvalue weighted by Gasteiger charge is -2.27. The molecule has 8 nitrogen and oxygen atoms in total. The summed E-state index contributed by atoms with van der Waals surface area (Å²) in [5.74, 6) is -0.868. The predicted octanol–water partition coefficient (Wildman–Crippen LogP) is -3.73. The zero-order valence-corrected chi connectivity index (χ0v) is 8.72. The highest BCUT2D eigenvalue weighted by Crippen LogP contribution is 2.09. The molecule has 0 aliphatic heterocycles. The average Bonchev–Trinajstić information content (AvgIpc) is 2.23. The van der Waals surface area contributed by atoms with E-state index in [4.69, 9.17) is 15.9 Å². The van der Waals surface area contributed by atoms with Gasteiger partial charge in [-0.3, -0.25) is 4.79 Å². The van der Waals surface area contributed by atoms with Gasteiger partial charge in [-0.15, -0.1) is 0 Å². The van der Waals surface area contributed by atoms with Gasteiger partial charge in [0.15, 0.2) is 0 Å². The zero-order valence-electron chi connectivity index (χ0n) is 8.72. The number of nitrogens with two attached hydrogens (primary N) is 1. The van der Waals surface area contributed by atoms with E-state index in [1.54, 1.807) is 0 Å². The van der Waals surface area contributed by atoms with Gasteiger partial charge < -0.3 is 36.0 Å². The smallest absolute Gasteiger partial charge is 0.305 e. The van der Waals surface area contributed by atoms with E-state index < -0.39 is 36.7 Å². The van der Waals surface area contributed by atoms with Gasteiger partial charge in [0.25, 0.3) is 0 Å². The number of carbonyl (C=O) groups is 1. The van der Waals surface area contributed by atoms with Gasteiger partial charge in [-0.05, 0) is 0 Å². The maximum atomic E-state index is 10.4. The molecule has 0 fully saturated rings. The molecule has 96 valence electrons. The molecule has 0 amide bonds. The van der Waals surface area contributed by atoms with E-state index in [9.17, 15) is 20.1 Å². The molecule has 0 heterocycles. The Labute approximate surface area is 91.9 Å². The van der Waals surface area contributed by atoms with Crippen molar-refractivity contribution >= 4 is 5.97 Å². The number of hydrogen-bond donors (Lipinski definition) is 6. The van der Waals surface area contributed by atoms with Gasteiger partial charge in [0, 0.05) is 13.5 Å². The van der Waals surface area contributed by atoms with Crippen LogP contribution in [0.15, 0.2) is 0 Å². The summed E-state index contributed by atoms with van der Waals surface area (Å²) in [5, 5.41) is 46.0. The molecule has 0 aromatic heterocycles. The Morgan fingerprint density at radius 1 is 1.12 bits per heavy atom. The Bertz CT molecular complexity index is 224. The first-order valence-corrected chi connectivity index (χ1v) is 4.58. The summed E-state index contributed by atoms with van der Waals surface area (Å²) in [4.78, 5) is 10.4. The minimum absolute atomic E-state index is 0.339. The number of esters is 1. The van der Waals surface area contributed by atoms with E-state index >= 15 is 0 Å². The number of aliphatic hydroxyl groups is 5. The van der Waals surface area contributed by atoms with Crippen LogP contribution in [-0.2, 0) is 9.53 Å². The molecule has 16 heavy (non-hydrogen) atoms. The number of carbonyl (C=O) groups excluding carboxylic acids is 1. The lowest BCUT2D eigenvalue weighted by Crippen LogP contribution is -2.51. The highest BCUT2D eigenvalue weighted by atomic mass is 16.6. The molecule has 0 saturated carbocycles. The average molecular weight is 239 g/mol. The highest BCUT2D eigenvalue weighted by Gasteiger charge is 2.35. The Kier molecular flexibility index (Phi) is 6.41. The standard InChI is InChI=1S/C8H17NO7/c1-3(10)16-8(15)7(14)6(13)5(12)4(11)2-9/h4-8,11-15H,2,9H2,1H3. The second-order valence-corrected chi connectivity index (χ2v) is 3.27. The van der Waals surface area contributed by atoms with Crippen LogP contribution in [0.1, 0.15) is 6.92 Å². The lowest BCUT2D eigenvalue weighted by atomic mass is 10.0. The van der Waals surface area contributed by atoms with Crippen LogP contribution in [-0.4, -0.2) is 68.8 Å². The largest absolute Gasteiger partial charge is 0.433 e. The summed E-state index contributed by atoms with van der Waals surface area (Å²) >= 11 is 0.